The quantitative estimate of drug-likeness (QED) is 0.727. The van der Waals surface area contributed by atoms with Gasteiger partial charge in [-0.15, -0.1) is 0 Å². The second-order valence-corrected chi connectivity index (χ2v) is 7.01. The maximum Gasteiger partial charge on any atom is 0.256 e. The highest BCUT2D eigenvalue weighted by molar-refractivity contribution is 6.36. The summed E-state index contributed by atoms with van der Waals surface area (Å²) in [5, 5.41) is 3.49. The molecule has 0 fully saturated rings. The third-order valence-corrected chi connectivity index (χ3v) is 4.09. The lowest BCUT2D eigenvalue weighted by atomic mass is 9.86. The van der Waals surface area contributed by atoms with E-state index in [1.807, 2.05) is 30.3 Å². The molecule has 0 aromatic heterocycles. The summed E-state index contributed by atoms with van der Waals surface area (Å²) in [4.78, 5) is 12.2. The Bertz CT molecular complexity index is 767. The van der Waals surface area contributed by atoms with Gasteiger partial charge in [0.05, 0.1) is 0 Å². The lowest BCUT2D eigenvalue weighted by molar-refractivity contribution is -0.110. The van der Waals surface area contributed by atoms with Crippen LogP contribution in [0.25, 0.3) is 11.6 Å². The molecule has 2 aromatic carbocycles. The van der Waals surface area contributed by atoms with Gasteiger partial charge < -0.3 is 5.32 Å². The molecule has 1 amide bonds. The zero-order valence-corrected chi connectivity index (χ0v) is 13.7. The summed E-state index contributed by atoms with van der Waals surface area (Å²) in [6, 6.07) is 13.7. The molecule has 0 saturated heterocycles. The number of anilines is 1. The van der Waals surface area contributed by atoms with Gasteiger partial charge in [-0.3, -0.25) is 4.79 Å². The summed E-state index contributed by atoms with van der Waals surface area (Å²) >= 11 is 6.04. The van der Waals surface area contributed by atoms with E-state index in [1.165, 1.54) is 5.56 Å². The predicted octanol–water partition coefficient (Wildman–Crippen LogP) is 5.13. The molecule has 0 bridgehead atoms. The minimum atomic E-state index is -0.0860. The van der Waals surface area contributed by atoms with Crippen molar-refractivity contribution < 1.29 is 4.79 Å². The van der Waals surface area contributed by atoms with Crippen molar-refractivity contribution in [3.8, 4) is 0 Å². The number of fused-ring (bicyclic) bond motifs is 1. The van der Waals surface area contributed by atoms with Gasteiger partial charge in [0.15, 0.2) is 0 Å². The molecule has 1 heterocycles. The number of carbonyl (C=O) groups is 1. The van der Waals surface area contributed by atoms with Gasteiger partial charge >= 0.3 is 0 Å². The average Bonchev–Trinajstić information content (AvgIpc) is 2.75. The molecule has 22 heavy (non-hydrogen) atoms. The van der Waals surface area contributed by atoms with Crippen LogP contribution in [0.2, 0.25) is 5.02 Å². The fourth-order valence-electron chi connectivity index (χ4n) is 2.55. The molecule has 1 N–H and O–H groups in total. The first-order valence-corrected chi connectivity index (χ1v) is 7.66. The molecule has 2 aromatic rings. The van der Waals surface area contributed by atoms with Crippen LogP contribution in [0, 0.1) is 0 Å². The maximum absolute atomic E-state index is 12.2. The number of nitrogens with one attached hydrogen (secondary N) is 1. The number of benzene rings is 2. The first-order chi connectivity index (χ1) is 10.3. The second kappa shape index (κ2) is 5.29. The van der Waals surface area contributed by atoms with E-state index in [0.29, 0.717) is 10.6 Å². The van der Waals surface area contributed by atoms with E-state index in [4.69, 9.17) is 11.6 Å². The van der Waals surface area contributed by atoms with Crippen LogP contribution in [-0.4, -0.2) is 5.91 Å². The first-order valence-electron chi connectivity index (χ1n) is 7.28. The Morgan fingerprint density at radius 2 is 1.73 bits per heavy atom. The SMILES string of the molecule is CC(C)(C)c1ccc(/C=C2\C(=O)Nc3ccc(Cl)cc32)cc1. The highest BCUT2D eigenvalue weighted by Crippen LogP contribution is 2.35. The normalized spacial score (nSPS) is 15.8. The van der Waals surface area contributed by atoms with E-state index >= 15 is 0 Å². The van der Waals surface area contributed by atoms with E-state index in [1.54, 1.807) is 6.07 Å². The summed E-state index contributed by atoms with van der Waals surface area (Å²) in [7, 11) is 0. The topological polar surface area (TPSA) is 29.1 Å². The van der Waals surface area contributed by atoms with E-state index in [2.05, 4.69) is 38.2 Å². The lowest BCUT2D eigenvalue weighted by Gasteiger charge is -2.18. The molecule has 0 saturated carbocycles. The van der Waals surface area contributed by atoms with Crippen molar-refractivity contribution in [1.29, 1.82) is 0 Å². The van der Waals surface area contributed by atoms with E-state index in [9.17, 15) is 4.79 Å². The highest BCUT2D eigenvalue weighted by atomic mass is 35.5. The standard InChI is InChI=1S/C19H18ClNO/c1-19(2,3)13-6-4-12(5-7-13)10-16-15-11-14(20)8-9-17(15)21-18(16)22/h4-11H,1-3H3,(H,21,22)/b16-10-. The Kier molecular flexibility index (Phi) is 3.57. The number of rotatable bonds is 1. The molecule has 1 aliphatic heterocycles. The molecule has 0 aliphatic carbocycles. The monoisotopic (exact) mass is 311 g/mol. The smallest absolute Gasteiger partial charge is 0.256 e. The fraction of sp³-hybridized carbons (Fsp3) is 0.211. The van der Waals surface area contributed by atoms with Crippen LogP contribution in [0.15, 0.2) is 42.5 Å². The molecule has 0 atom stereocenters. The number of halogens is 1. The fourth-order valence-corrected chi connectivity index (χ4v) is 2.72. The lowest BCUT2D eigenvalue weighted by Crippen LogP contribution is -2.10. The summed E-state index contributed by atoms with van der Waals surface area (Å²) < 4.78 is 0. The minimum absolute atomic E-state index is 0.0860. The maximum atomic E-state index is 12.2. The summed E-state index contributed by atoms with van der Waals surface area (Å²) in [6.07, 6.45) is 1.91. The van der Waals surface area contributed by atoms with Gasteiger partial charge in [0.2, 0.25) is 0 Å². The molecule has 112 valence electrons. The molecule has 1 aliphatic rings. The third-order valence-electron chi connectivity index (χ3n) is 3.85. The first kappa shape index (κ1) is 14.9. The Balaban J connectivity index is 1.99. The Morgan fingerprint density at radius 3 is 2.36 bits per heavy atom. The molecular formula is C19H18ClNO. The van der Waals surface area contributed by atoms with Crippen LogP contribution in [-0.2, 0) is 10.2 Å². The molecule has 2 nitrogen and oxygen atoms in total. The van der Waals surface area contributed by atoms with Gasteiger partial charge in [0.25, 0.3) is 5.91 Å². The molecule has 0 unspecified atom stereocenters. The molecular weight excluding hydrogens is 294 g/mol. The zero-order chi connectivity index (χ0) is 15.9. The van der Waals surface area contributed by atoms with Crippen molar-refractivity contribution in [3.05, 3.63) is 64.2 Å². The second-order valence-electron chi connectivity index (χ2n) is 6.57. The van der Waals surface area contributed by atoms with Gasteiger partial charge in [-0.2, -0.15) is 0 Å². The molecule has 3 heteroatoms. The van der Waals surface area contributed by atoms with Crippen LogP contribution in [0.3, 0.4) is 0 Å². The highest BCUT2D eigenvalue weighted by Gasteiger charge is 2.24. The van der Waals surface area contributed by atoms with Gasteiger partial charge in [-0.1, -0.05) is 56.6 Å². The van der Waals surface area contributed by atoms with Crippen molar-refractivity contribution in [1.82, 2.24) is 0 Å². The van der Waals surface area contributed by atoms with Gasteiger partial charge in [-0.05, 0) is 40.8 Å². The van der Waals surface area contributed by atoms with Crippen LogP contribution in [0.5, 0.6) is 0 Å². The summed E-state index contributed by atoms with van der Waals surface area (Å²) in [5.74, 6) is -0.0860. The van der Waals surface area contributed by atoms with Crippen LogP contribution in [0.1, 0.15) is 37.5 Å². The summed E-state index contributed by atoms with van der Waals surface area (Å²) in [6.45, 7) is 6.55. The minimum Gasteiger partial charge on any atom is -0.321 e. The third kappa shape index (κ3) is 2.79. The van der Waals surface area contributed by atoms with Crippen LogP contribution in [0.4, 0.5) is 5.69 Å². The Labute approximate surface area is 135 Å². The summed E-state index contributed by atoms with van der Waals surface area (Å²) in [5.41, 5.74) is 4.72. The van der Waals surface area contributed by atoms with Gasteiger partial charge in [0, 0.05) is 21.8 Å². The van der Waals surface area contributed by atoms with Crippen molar-refractivity contribution in [2.24, 2.45) is 0 Å². The molecule has 3 rings (SSSR count). The number of hydrogen-bond donors (Lipinski definition) is 1. The number of hydrogen-bond acceptors (Lipinski definition) is 1. The zero-order valence-electron chi connectivity index (χ0n) is 12.9. The van der Waals surface area contributed by atoms with Gasteiger partial charge in [-0.25, -0.2) is 0 Å². The Morgan fingerprint density at radius 1 is 1.05 bits per heavy atom. The van der Waals surface area contributed by atoms with Crippen molar-refractivity contribution in [3.63, 3.8) is 0 Å². The average molecular weight is 312 g/mol. The molecule has 0 spiro atoms. The number of carbonyl (C=O) groups excluding carboxylic acids is 1. The molecule has 0 radical (unpaired) electrons. The predicted molar refractivity (Wildman–Crippen MR) is 93.1 cm³/mol. The van der Waals surface area contributed by atoms with Crippen molar-refractivity contribution in [2.45, 2.75) is 26.2 Å². The van der Waals surface area contributed by atoms with Crippen molar-refractivity contribution in [2.75, 3.05) is 5.32 Å². The number of amides is 1. The van der Waals surface area contributed by atoms with E-state index in [0.717, 1.165) is 16.8 Å². The van der Waals surface area contributed by atoms with Crippen LogP contribution >= 0.6 is 11.6 Å². The van der Waals surface area contributed by atoms with Crippen LogP contribution < -0.4 is 5.32 Å². The van der Waals surface area contributed by atoms with E-state index < -0.39 is 0 Å². The van der Waals surface area contributed by atoms with E-state index in [-0.39, 0.29) is 11.3 Å². The van der Waals surface area contributed by atoms with Gasteiger partial charge in [0.1, 0.15) is 0 Å². The largest absolute Gasteiger partial charge is 0.321 e. The Hall–Kier alpha value is -2.06. The van der Waals surface area contributed by atoms with Crippen molar-refractivity contribution >= 4 is 34.8 Å².